The number of amidine groups is 1. The van der Waals surface area contributed by atoms with Crippen molar-refractivity contribution in [2.24, 2.45) is 4.99 Å². The zero-order valence-electron chi connectivity index (χ0n) is 11.5. The molecule has 0 saturated carbocycles. The molecule has 1 amide bonds. The summed E-state index contributed by atoms with van der Waals surface area (Å²) in [5, 5.41) is 4.73. The van der Waals surface area contributed by atoms with Crippen molar-refractivity contribution >= 4 is 69.4 Å². The number of nitrogens with zero attached hydrogens (tertiary/aromatic N) is 1. The van der Waals surface area contributed by atoms with Gasteiger partial charge in [-0.25, -0.2) is 4.99 Å². The second-order valence-electron chi connectivity index (χ2n) is 4.60. The summed E-state index contributed by atoms with van der Waals surface area (Å²) in [6, 6.07) is 12.3. The van der Waals surface area contributed by atoms with Gasteiger partial charge >= 0.3 is 0 Å². The average Bonchev–Trinajstić information content (AvgIpc) is 2.84. The normalized spacial score (nSPS) is 17.8. The van der Waals surface area contributed by atoms with Crippen molar-refractivity contribution in [2.75, 3.05) is 0 Å². The Morgan fingerprint density at radius 2 is 1.83 bits per heavy atom. The topological polar surface area (TPSA) is 41.5 Å². The van der Waals surface area contributed by atoms with Crippen LogP contribution < -0.4 is 5.32 Å². The summed E-state index contributed by atoms with van der Waals surface area (Å²) in [4.78, 5) is 16.9. The fourth-order valence-electron chi connectivity index (χ4n) is 1.89. The average molecular weight is 384 g/mol. The van der Waals surface area contributed by atoms with Gasteiger partial charge in [-0.1, -0.05) is 53.0 Å². The maximum Gasteiger partial charge on any atom is 0.264 e. The predicted molar refractivity (Wildman–Crippen MR) is 98.7 cm³/mol. The summed E-state index contributed by atoms with van der Waals surface area (Å²) in [6.07, 6.45) is 1.70. The lowest BCUT2D eigenvalue weighted by Crippen LogP contribution is -2.19. The van der Waals surface area contributed by atoms with E-state index in [2.05, 4.69) is 10.3 Å². The maximum absolute atomic E-state index is 12.1. The molecule has 0 atom stereocenters. The van der Waals surface area contributed by atoms with Gasteiger partial charge in [-0.15, -0.1) is 0 Å². The predicted octanol–water partition coefficient (Wildman–Crippen LogP) is 5.54. The number of amides is 1. The van der Waals surface area contributed by atoms with Gasteiger partial charge < -0.3 is 5.32 Å². The van der Waals surface area contributed by atoms with Crippen LogP contribution in [0.3, 0.4) is 0 Å². The Bertz CT molecular complexity index is 849. The summed E-state index contributed by atoms with van der Waals surface area (Å²) in [5.74, 6) is -0.230. The number of carbonyl (C=O) groups excluding carboxylic acids is 1. The van der Waals surface area contributed by atoms with Crippen LogP contribution in [0.1, 0.15) is 5.56 Å². The summed E-state index contributed by atoms with van der Waals surface area (Å²) >= 11 is 19.3. The molecule has 1 aliphatic heterocycles. The quantitative estimate of drug-likeness (QED) is 0.692. The van der Waals surface area contributed by atoms with E-state index in [1.54, 1.807) is 36.4 Å². The first-order chi connectivity index (χ1) is 11.0. The Labute approximate surface area is 152 Å². The van der Waals surface area contributed by atoms with Gasteiger partial charge in [-0.3, -0.25) is 4.79 Å². The largest absolute Gasteiger partial charge is 0.300 e. The molecular weight excluding hydrogens is 375 g/mol. The SMILES string of the molecule is O=C1NC(=Nc2ccccc2Cl)SC1=Cc1ccc(Cl)cc1Cl. The molecule has 116 valence electrons. The molecule has 1 saturated heterocycles. The molecule has 7 heteroatoms. The zero-order chi connectivity index (χ0) is 16.4. The number of nitrogens with one attached hydrogen (secondary N) is 1. The van der Waals surface area contributed by atoms with Gasteiger partial charge in [-0.2, -0.15) is 0 Å². The maximum atomic E-state index is 12.1. The number of benzene rings is 2. The molecule has 1 N–H and O–H groups in total. The van der Waals surface area contributed by atoms with Gasteiger partial charge in [0.25, 0.3) is 5.91 Å². The van der Waals surface area contributed by atoms with Gasteiger partial charge in [0.1, 0.15) is 0 Å². The first kappa shape index (κ1) is 16.4. The van der Waals surface area contributed by atoms with E-state index in [0.29, 0.717) is 36.4 Å². The van der Waals surface area contributed by atoms with Crippen molar-refractivity contribution in [2.45, 2.75) is 0 Å². The van der Waals surface area contributed by atoms with Gasteiger partial charge in [0.2, 0.25) is 0 Å². The molecule has 0 aliphatic carbocycles. The lowest BCUT2D eigenvalue weighted by molar-refractivity contribution is -0.115. The fraction of sp³-hybridized carbons (Fsp3) is 0. The van der Waals surface area contributed by atoms with E-state index in [0.717, 1.165) is 0 Å². The number of aliphatic imine (C=N–C) groups is 1. The van der Waals surface area contributed by atoms with E-state index in [1.807, 2.05) is 12.1 Å². The lowest BCUT2D eigenvalue weighted by atomic mass is 10.2. The number of hydrogen-bond acceptors (Lipinski definition) is 3. The third-order valence-corrected chi connectivity index (χ3v) is 4.77. The van der Waals surface area contributed by atoms with Crippen molar-refractivity contribution in [3.05, 3.63) is 68.0 Å². The zero-order valence-corrected chi connectivity index (χ0v) is 14.6. The van der Waals surface area contributed by atoms with Gasteiger partial charge in [-0.05, 0) is 47.7 Å². The highest BCUT2D eigenvalue weighted by Gasteiger charge is 2.24. The number of halogens is 3. The molecule has 3 nitrogen and oxygen atoms in total. The third-order valence-electron chi connectivity index (χ3n) is 2.97. The van der Waals surface area contributed by atoms with Crippen LogP contribution in [0.25, 0.3) is 6.08 Å². The molecule has 0 bridgehead atoms. The molecule has 0 radical (unpaired) electrons. The first-order valence-corrected chi connectivity index (χ1v) is 8.47. The minimum absolute atomic E-state index is 0.230. The van der Waals surface area contributed by atoms with Gasteiger partial charge in [0.05, 0.1) is 15.6 Å². The van der Waals surface area contributed by atoms with Crippen LogP contribution in [0, 0.1) is 0 Å². The Morgan fingerprint density at radius 3 is 2.57 bits per heavy atom. The Balaban J connectivity index is 1.88. The van der Waals surface area contributed by atoms with Crippen LogP contribution in [-0.4, -0.2) is 11.1 Å². The van der Waals surface area contributed by atoms with E-state index in [1.165, 1.54) is 11.8 Å². The second kappa shape index (κ2) is 6.97. The molecular formula is C16H9Cl3N2OS. The molecule has 2 aromatic rings. The van der Waals surface area contributed by atoms with E-state index in [9.17, 15) is 4.79 Å². The lowest BCUT2D eigenvalue weighted by Gasteiger charge is -1.99. The number of carbonyl (C=O) groups is 1. The third kappa shape index (κ3) is 3.90. The van der Waals surface area contributed by atoms with E-state index in [4.69, 9.17) is 34.8 Å². The number of para-hydroxylation sites is 1. The standard InChI is InChI=1S/C16H9Cl3N2OS/c17-10-6-5-9(12(19)8-10)7-14-15(22)21-16(23-14)20-13-4-2-1-3-11(13)18/h1-8H,(H,20,21,22). The summed E-state index contributed by atoms with van der Waals surface area (Å²) < 4.78 is 0. The van der Waals surface area contributed by atoms with Gasteiger partial charge in [0.15, 0.2) is 5.17 Å². The summed E-state index contributed by atoms with van der Waals surface area (Å²) in [7, 11) is 0. The molecule has 1 fully saturated rings. The number of hydrogen-bond donors (Lipinski definition) is 1. The first-order valence-electron chi connectivity index (χ1n) is 6.52. The van der Waals surface area contributed by atoms with Crippen LogP contribution >= 0.6 is 46.6 Å². The van der Waals surface area contributed by atoms with Gasteiger partial charge in [0, 0.05) is 10.0 Å². The fourth-order valence-corrected chi connectivity index (χ4v) is 3.36. The molecule has 0 spiro atoms. The highest BCUT2D eigenvalue weighted by molar-refractivity contribution is 8.18. The smallest absolute Gasteiger partial charge is 0.264 e. The minimum atomic E-state index is -0.230. The molecule has 23 heavy (non-hydrogen) atoms. The molecule has 3 rings (SSSR count). The van der Waals surface area contributed by atoms with Crippen LogP contribution in [-0.2, 0) is 4.79 Å². The van der Waals surface area contributed by atoms with Crippen LogP contribution in [0.2, 0.25) is 15.1 Å². The second-order valence-corrected chi connectivity index (χ2v) is 6.88. The molecule has 0 unspecified atom stereocenters. The molecule has 1 heterocycles. The highest BCUT2D eigenvalue weighted by atomic mass is 35.5. The van der Waals surface area contributed by atoms with E-state index in [-0.39, 0.29) is 5.91 Å². The van der Waals surface area contributed by atoms with Crippen molar-refractivity contribution in [1.29, 1.82) is 0 Å². The summed E-state index contributed by atoms with van der Waals surface area (Å²) in [6.45, 7) is 0. The molecule has 0 aromatic heterocycles. The van der Waals surface area contributed by atoms with Crippen molar-refractivity contribution in [3.8, 4) is 0 Å². The van der Waals surface area contributed by atoms with E-state index >= 15 is 0 Å². The monoisotopic (exact) mass is 382 g/mol. The van der Waals surface area contributed by atoms with Crippen LogP contribution in [0.4, 0.5) is 5.69 Å². The Kier molecular flexibility index (Phi) is 4.97. The minimum Gasteiger partial charge on any atom is -0.300 e. The highest BCUT2D eigenvalue weighted by Crippen LogP contribution is 2.32. The molecule has 2 aromatic carbocycles. The van der Waals surface area contributed by atoms with Crippen LogP contribution in [0.15, 0.2) is 52.4 Å². The Morgan fingerprint density at radius 1 is 1.04 bits per heavy atom. The van der Waals surface area contributed by atoms with Crippen molar-refractivity contribution < 1.29 is 4.79 Å². The van der Waals surface area contributed by atoms with Crippen molar-refractivity contribution in [3.63, 3.8) is 0 Å². The number of thioether (sulfide) groups is 1. The number of rotatable bonds is 2. The Hall–Kier alpha value is -1.46. The van der Waals surface area contributed by atoms with E-state index < -0.39 is 0 Å². The summed E-state index contributed by atoms with van der Waals surface area (Å²) in [5.41, 5.74) is 1.32. The van der Waals surface area contributed by atoms with Crippen LogP contribution in [0.5, 0.6) is 0 Å². The molecule has 1 aliphatic rings. The van der Waals surface area contributed by atoms with Crippen molar-refractivity contribution in [1.82, 2.24) is 5.32 Å².